The minimum absolute atomic E-state index is 0.139. The number of halogens is 1. The van der Waals surface area contributed by atoms with Crippen molar-refractivity contribution >= 4 is 62.0 Å². The molecular weight excluding hydrogens is 495 g/mol. The van der Waals surface area contributed by atoms with Gasteiger partial charge in [-0.15, -0.1) is 0 Å². The van der Waals surface area contributed by atoms with Crippen molar-refractivity contribution < 1.29 is 19.4 Å². The number of carboxylic acid groups (broad SMARTS) is 1. The SMILES string of the molecule is COc1cc(/C=c2\sc3nc4ccccc4n3c2=O)cc(I)c1OCC(=O)[O-]. The number of nitrogens with zero attached hydrogens (tertiary/aromatic N) is 2. The van der Waals surface area contributed by atoms with Crippen molar-refractivity contribution in [2.45, 2.75) is 0 Å². The fraction of sp³-hybridized carbons (Fsp3) is 0.105. The molecule has 7 nitrogen and oxygen atoms in total. The summed E-state index contributed by atoms with van der Waals surface area (Å²) in [6, 6.07) is 11.0. The van der Waals surface area contributed by atoms with E-state index < -0.39 is 12.6 Å². The van der Waals surface area contributed by atoms with Crippen molar-refractivity contribution in [2.75, 3.05) is 13.7 Å². The Labute approximate surface area is 176 Å². The number of thiazole rings is 1. The van der Waals surface area contributed by atoms with Crippen LogP contribution in [0.1, 0.15) is 5.56 Å². The number of carboxylic acids is 1. The summed E-state index contributed by atoms with van der Waals surface area (Å²) < 4.78 is 13.4. The average molecular weight is 507 g/mol. The third-order valence-corrected chi connectivity index (χ3v) is 5.80. The quantitative estimate of drug-likeness (QED) is 0.377. The van der Waals surface area contributed by atoms with E-state index in [9.17, 15) is 14.7 Å². The summed E-state index contributed by atoms with van der Waals surface area (Å²) >= 11 is 3.33. The highest BCUT2D eigenvalue weighted by molar-refractivity contribution is 14.1. The highest BCUT2D eigenvalue weighted by Crippen LogP contribution is 2.34. The second kappa shape index (κ2) is 7.40. The molecule has 0 fully saturated rings. The zero-order valence-electron chi connectivity index (χ0n) is 14.5. The Bertz CT molecular complexity index is 1330. The molecule has 2 aromatic carbocycles. The lowest BCUT2D eigenvalue weighted by molar-refractivity contribution is -0.307. The first kappa shape index (κ1) is 18.7. The first-order valence-electron chi connectivity index (χ1n) is 8.10. The minimum atomic E-state index is -1.32. The molecule has 0 aliphatic heterocycles. The molecule has 0 aliphatic rings. The summed E-state index contributed by atoms with van der Waals surface area (Å²) in [5.41, 5.74) is 2.15. The van der Waals surface area contributed by atoms with Gasteiger partial charge in [0, 0.05) is 0 Å². The molecule has 28 heavy (non-hydrogen) atoms. The van der Waals surface area contributed by atoms with Crippen molar-refractivity contribution in [2.24, 2.45) is 0 Å². The van der Waals surface area contributed by atoms with Crippen LogP contribution >= 0.6 is 33.9 Å². The van der Waals surface area contributed by atoms with E-state index in [2.05, 4.69) is 4.98 Å². The van der Waals surface area contributed by atoms with Gasteiger partial charge in [-0.1, -0.05) is 23.5 Å². The van der Waals surface area contributed by atoms with Crippen LogP contribution in [-0.4, -0.2) is 29.1 Å². The highest BCUT2D eigenvalue weighted by Gasteiger charge is 2.13. The molecule has 0 unspecified atom stereocenters. The van der Waals surface area contributed by atoms with Gasteiger partial charge in [-0.05, 0) is 58.5 Å². The van der Waals surface area contributed by atoms with Crippen molar-refractivity contribution in [3.63, 3.8) is 0 Å². The molecule has 142 valence electrons. The molecule has 4 aromatic rings. The number of carbonyl (C=O) groups excluding carboxylic acids is 1. The van der Waals surface area contributed by atoms with Gasteiger partial charge < -0.3 is 19.4 Å². The number of aliphatic carboxylic acids is 1. The molecule has 0 aliphatic carbocycles. The van der Waals surface area contributed by atoms with Gasteiger partial charge in [-0.25, -0.2) is 9.38 Å². The maximum Gasteiger partial charge on any atom is 0.274 e. The second-order valence-electron chi connectivity index (χ2n) is 5.83. The van der Waals surface area contributed by atoms with E-state index in [-0.39, 0.29) is 5.56 Å². The maximum absolute atomic E-state index is 12.9. The third-order valence-electron chi connectivity index (χ3n) is 4.03. The summed E-state index contributed by atoms with van der Waals surface area (Å²) in [6.45, 7) is -0.574. The smallest absolute Gasteiger partial charge is 0.274 e. The van der Waals surface area contributed by atoms with Gasteiger partial charge in [0.15, 0.2) is 16.5 Å². The van der Waals surface area contributed by atoms with Crippen LogP contribution in [0.2, 0.25) is 0 Å². The Kier molecular flexibility index (Phi) is 4.94. The van der Waals surface area contributed by atoms with Gasteiger partial charge in [0.05, 0.1) is 32.2 Å². The predicted molar refractivity (Wildman–Crippen MR) is 112 cm³/mol. The van der Waals surface area contributed by atoms with E-state index in [1.807, 2.05) is 46.9 Å². The molecule has 0 saturated heterocycles. The lowest BCUT2D eigenvalue weighted by atomic mass is 10.2. The number of aromatic nitrogens is 2. The molecule has 4 rings (SSSR count). The second-order valence-corrected chi connectivity index (χ2v) is 8.00. The Hall–Kier alpha value is -2.66. The van der Waals surface area contributed by atoms with E-state index in [0.29, 0.717) is 24.6 Å². The first-order chi connectivity index (χ1) is 13.5. The number of fused-ring (bicyclic) bond motifs is 3. The molecule has 2 heterocycles. The van der Waals surface area contributed by atoms with Crippen LogP contribution < -0.4 is 24.7 Å². The van der Waals surface area contributed by atoms with Crippen LogP contribution in [0.5, 0.6) is 11.5 Å². The molecule has 0 bridgehead atoms. The number of methoxy groups -OCH3 is 1. The number of hydrogen-bond donors (Lipinski definition) is 0. The molecule has 0 atom stereocenters. The van der Waals surface area contributed by atoms with Crippen molar-refractivity contribution in [1.82, 2.24) is 9.38 Å². The molecule has 0 spiro atoms. The fourth-order valence-electron chi connectivity index (χ4n) is 2.86. The Morgan fingerprint density at radius 3 is 2.89 bits per heavy atom. The van der Waals surface area contributed by atoms with Gasteiger partial charge in [0.1, 0.15) is 6.61 Å². The van der Waals surface area contributed by atoms with Crippen LogP contribution in [-0.2, 0) is 4.79 Å². The number of ether oxygens (including phenoxy) is 2. The topological polar surface area (TPSA) is 93.0 Å². The largest absolute Gasteiger partial charge is 0.546 e. The van der Waals surface area contributed by atoms with E-state index in [1.54, 1.807) is 22.6 Å². The number of rotatable bonds is 5. The zero-order valence-corrected chi connectivity index (χ0v) is 17.4. The van der Waals surface area contributed by atoms with Crippen LogP contribution in [0.4, 0.5) is 0 Å². The molecule has 9 heteroatoms. The van der Waals surface area contributed by atoms with Gasteiger partial charge >= 0.3 is 0 Å². The van der Waals surface area contributed by atoms with Crippen molar-refractivity contribution in [3.05, 3.63) is 60.4 Å². The van der Waals surface area contributed by atoms with E-state index in [4.69, 9.17) is 9.47 Å². The zero-order chi connectivity index (χ0) is 19.8. The molecule has 0 amide bonds. The fourth-order valence-corrected chi connectivity index (χ4v) is 4.63. The van der Waals surface area contributed by atoms with Crippen LogP contribution in [0, 0.1) is 3.57 Å². The maximum atomic E-state index is 12.9. The van der Waals surface area contributed by atoms with Crippen molar-refractivity contribution in [1.29, 1.82) is 0 Å². The molecule has 0 saturated carbocycles. The van der Waals surface area contributed by atoms with Gasteiger partial charge in [0.2, 0.25) is 0 Å². The van der Waals surface area contributed by atoms with Crippen LogP contribution in [0.15, 0.2) is 41.2 Å². The summed E-state index contributed by atoms with van der Waals surface area (Å²) in [4.78, 5) is 28.6. The normalized spacial score (nSPS) is 12.0. The van der Waals surface area contributed by atoms with E-state index in [0.717, 1.165) is 16.6 Å². The Morgan fingerprint density at radius 2 is 2.14 bits per heavy atom. The predicted octanol–water partition coefficient (Wildman–Crippen LogP) is 1.20. The molecule has 2 aromatic heterocycles. The van der Waals surface area contributed by atoms with Gasteiger partial charge in [-0.3, -0.25) is 4.79 Å². The summed E-state index contributed by atoms with van der Waals surface area (Å²) in [5, 5.41) is 10.7. The molecular formula is C19H12IN2O5S-. The first-order valence-corrected chi connectivity index (χ1v) is 9.99. The van der Waals surface area contributed by atoms with Crippen LogP contribution in [0.3, 0.4) is 0 Å². The van der Waals surface area contributed by atoms with Crippen molar-refractivity contribution in [3.8, 4) is 11.5 Å². The van der Waals surface area contributed by atoms with Crippen LogP contribution in [0.25, 0.3) is 22.1 Å². The monoisotopic (exact) mass is 507 g/mol. The van der Waals surface area contributed by atoms with E-state index >= 15 is 0 Å². The minimum Gasteiger partial charge on any atom is -0.546 e. The number of hydrogen-bond acceptors (Lipinski definition) is 7. The third kappa shape index (κ3) is 3.31. The Morgan fingerprint density at radius 1 is 1.36 bits per heavy atom. The standard InChI is InChI=1S/C19H13IN2O5S/c1-26-14-7-10(6-11(20)17(14)27-9-16(23)24)8-15-18(25)22-13-5-3-2-4-12(13)21-19(22)28-15/h2-8H,9H2,1H3,(H,23,24)/p-1/b15-8-. The summed E-state index contributed by atoms with van der Waals surface area (Å²) in [5.74, 6) is -0.629. The number of carbonyl (C=O) groups is 1. The summed E-state index contributed by atoms with van der Waals surface area (Å²) in [7, 11) is 1.46. The summed E-state index contributed by atoms with van der Waals surface area (Å²) in [6.07, 6.45) is 1.75. The van der Waals surface area contributed by atoms with E-state index in [1.165, 1.54) is 18.4 Å². The highest BCUT2D eigenvalue weighted by atomic mass is 127. The average Bonchev–Trinajstić information content (AvgIpc) is 3.16. The molecule has 0 radical (unpaired) electrons. The van der Waals surface area contributed by atoms with Gasteiger partial charge in [-0.2, -0.15) is 0 Å². The lowest BCUT2D eigenvalue weighted by Gasteiger charge is -2.13. The number of imidazole rings is 1. The number of benzene rings is 2. The molecule has 0 N–H and O–H groups in total. The Balaban J connectivity index is 1.82. The number of para-hydroxylation sites is 2. The van der Waals surface area contributed by atoms with Gasteiger partial charge in [0.25, 0.3) is 5.56 Å². The lowest BCUT2D eigenvalue weighted by Crippen LogP contribution is -2.29.